The summed E-state index contributed by atoms with van der Waals surface area (Å²) in [6, 6.07) is 5.87. The van der Waals surface area contributed by atoms with Gasteiger partial charge >= 0.3 is 12.6 Å². The first-order chi connectivity index (χ1) is 13.3. The second kappa shape index (κ2) is 8.32. The standard InChI is InChI=1S/C18H20F2N4O4/c1-11-16(17(27)23-8-6-12(7-9-23)10-15(25)26)21-22-24(11)13-2-4-14(5-3-13)28-18(19)20/h2-5,12,18H,6-10H2,1H3,(H,25,26). The number of rotatable bonds is 6. The first kappa shape index (κ1) is 19.7. The van der Waals surface area contributed by atoms with Gasteiger partial charge in [0.1, 0.15) is 5.75 Å². The number of hydrogen-bond donors (Lipinski definition) is 1. The molecule has 1 saturated heterocycles. The third kappa shape index (κ3) is 4.44. The molecule has 28 heavy (non-hydrogen) atoms. The van der Waals surface area contributed by atoms with Gasteiger partial charge in [0, 0.05) is 19.5 Å². The molecule has 1 aromatic carbocycles. The van der Waals surface area contributed by atoms with Gasteiger partial charge in [-0.25, -0.2) is 4.68 Å². The number of halogens is 2. The van der Waals surface area contributed by atoms with Gasteiger partial charge in [-0.1, -0.05) is 5.21 Å². The second-order valence-electron chi connectivity index (χ2n) is 6.64. The number of piperidine rings is 1. The fourth-order valence-electron chi connectivity index (χ4n) is 3.28. The van der Waals surface area contributed by atoms with Crippen LogP contribution in [0.3, 0.4) is 0 Å². The predicted octanol–water partition coefficient (Wildman–Crippen LogP) is 2.50. The molecule has 0 aliphatic carbocycles. The van der Waals surface area contributed by atoms with E-state index in [1.165, 1.54) is 16.8 Å². The van der Waals surface area contributed by atoms with Crippen LogP contribution in [0.5, 0.6) is 5.75 Å². The zero-order valence-electron chi connectivity index (χ0n) is 15.2. The molecule has 0 saturated carbocycles. The van der Waals surface area contributed by atoms with E-state index in [0.717, 1.165) is 0 Å². The van der Waals surface area contributed by atoms with E-state index in [9.17, 15) is 18.4 Å². The summed E-state index contributed by atoms with van der Waals surface area (Å²) < 4.78 is 30.3. The number of likely N-dealkylation sites (tertiary alicyclic amines) is 1. The monoisotopic (exact) mass is 394 g/mol. The number of carbonyl (C=O) groups is 2. The molecular weight excluding hydrogens is 374 g/mol. The fraction of sp³-hybridized carbons (Fsp3) is 0.444. The van der Waals surface area contributed by atoms with Crippen LogP contribution in [0.4, 0.5) is 8.78 Å². The van der Waals surface area contributed by atoms with Crippen LogP contribution in [0, 0.1) is 12.8 Å². The van der Waals surface area contributed by atoms with E-state index in [0.29, 0.717) is 37.3 Å². The van der Waals surface area contributed by atoms with Gasteiger partial charge in [0.05, 0.1) is 11.4 Å². The maximum atomic E-state index is 12.8. The molecule has 10 heteroatoms. The molecule has 1 fully saturated rings. The van der Waals surface area contributed by atoms with Crippen molar-refractivity contribution >= 4 is 11.9 Å². The molecule has 0 atom stereocenters. The molecule has 0 radical (unpaired) electrons. The minimum Gasteiger partial charge on any atom is -0.481 e. The molecule has 150 valence electrons. The molecule has 1 amide bonds. The number of amides is 1. The molecular formula is C18H20F2N4O4. The topological polar surface area (TPSA) is 97.5 Å². The largest absolute Gasteiger partial charge is 0.481 e. The van der Waals surface area contributed by atoms with E-state index >= 15 is 0 Å². The van der Waals surface area contributed by atoms with Gasteiger partial charge in [-0.3, -0.25) is 9.59 Å². The number of carbonyl (C=O) groups excluding carboxylic acids is 1. The Balaban J connectivity index is 1.69. The molecule has 1 aliphatic rings. The van der Waals surface area contributed by atoms with Crippen LogP contribution in [0.1, 0.15) is 35.4 Å². The van der Waals surface area contributed by atoms with E-state index in [2.05, 4.69) is 15.0 Å². The zero-order valence-corrected chi connectivity index (χ0v) is 15.2. The van der Waals surface area contributed by atoms with E-state index in [1.807, 2.05) is 0 Å². The lowest BCUT2D eigenvalue weighted by atomic mass is 9.93. The van der Waals surface area contributed by atoms with Crippen molar-refractivity contribution < 1.29 is 28.2 Å². The van der Waals surface area contributed by atoms with E-state index < -0.39 is 12.6 Å². The first-order valence-electron chi connectivity index (χ1n) is 8.83. The summed E-state index contributed by atoms with van der Waals surface area (Å²) in [6.07, 6.45) is 1.39. The lowest BCUT2D eigenvalue weighted by Crippen LogP contribution is -2.39. The number of aliphatic carboxylic acids is 1. The van der Waals surface area contributed by atoms with E-state index in [-0.39, 0.29) is 29.7 Å². The van der Waals surface area contributed by atoms with Crippen LogP contribution in [-0.4, -0.2) is 56.6 Å². The number of aromatic nitrogens is 3. The van der Waals surface area contributed by atoms with Crippen LogP contribution in [0.25, 0.3) is 5.69 Å². The summed E-state index contributed by atoms with van der Waals surface area (Å²) in [5, 5.41) is 16.9. The second-order valence-corrected chi connectivity index (χ2v) is 6.64. The Morgan fingerprint density at radius 3 is 2.46 bits per heavy atom. The number of carboxylic acid groups (broad SMARTS) is 1. The van der Waals surface area contributed by atoms with Crippen molar-refractivity contribution in [3.8, 4) is 11.4 Å². The van der Waals surface area contributed by atoms with Gasteiger partial charge in [-0.15, -0.1) is 5.10 Å². The smallest absolute Gasteiger partial charge is 0.387 e. The zero-order chi connectivity index (χ0) is 20.3. The van der Waals surface area contributed by atoms with E-state index in [4.69, 9.17) is 5.11 Å². The van der Waals surface area contributed by atoms with Crippen LogP contribution in [0.2, 0.25) is 0 Å². The fourth-order valence-corrected chi connectivity index (χ4v) is 3.28. The number of ether oxygens (including phenoxy) is 1. The summed E-state index contributed by atoms with van der Waals surface area (Å²) in [5.74, 6) is -0.979. The quantitative estimate of drug-likeness (QED) is 0.809. The van der Waals surface area contributed by atoms with Crippen LogP contribution >= 0.6 is 0 Å². The minimum absolute atomic E-state index is 0.0250. The van der Waals surface area contributed by atoms with Crippen molar-refractivity contribution in [2.45, 2.75) is 32.8 Å². The Hall–Kier alpha value is -3.04. The van der Waals surface area contributed by atoms with Crippen LogP contribution in [0.15, 0.2) is 24.3 Å². The normalized spacial score (nSPS) is 15.1. The van der Waals surface area contributed by atoms with Gasteiger partial charge < -0.3 is 14.7 Å². The van der Waals surface area contributed by atoms with Crippen LogP contribution in [-0.2, 0) is 4.79 Å². The van der Waals surface area contributed by atoms with Crippen molar-refractivity contribution in [2.75, 3.05) is 13.1 Å². The van der Waals surface area contributed by atoms with Gasteiger partial charge in [-0.05, 0) is 49.9 Å². The van der Waals surface area contributed by atoms with E-state index in [1.54, 1.807) is 24.0 Å². The van der Waals surface area contributed by atoms with Crippen molar-refractivity contribution in [1.82, 2.24) is 19.9 Å². The third-order valence-electron chi connectivity index (χ3n) is 4.77. The first-order valence-corrected chi connectivity index (χ1v) is 8.83. The Kier molecular flexibility index (Phi) is 5.86. The maximum Gasteiger partial charge on any atom is 0.387 e. The Labute approximate surface area is 159 Å². The molecule has 1 aromatic heterocycles. The molecule has 3 rings (SSSR count). The molecule has 0 unspecified atom stereocenters. The predicted molar refractivity (Wildman–Crippen MR) is 93.6 cm³/mol. The average Bonchev–Trinajstić information content (AvgIpc) is 3.03. The Morgan fingerprint density at radius 2 is 1.89 bits per heavy atom. The number of carboxylic acids is 1. The molecule has 2 heterocycles. The van der Waals surface area contributed by atoms with Gasteiger partial charge in [0.2, 0.25) is 0 Å². The number of hydrogen-bond acceptors (Lipinski definition) is 5. The van der Waals surface area contributed by atoms with Gasteiger partial charge in [0.25, 0.3) is 5.91 Å². The highest BCUT2D eigenvalue weighted by atomic mass is 19.3. The summed E-state index contributed by atoms with van der Waals surface area (Å²) in [5.41, 5.74) is 1.30. The van der Waals surface area contributed by atoms with Crippen molar-refractivity contribution in [3.05, 3.63) is 35.7 Å². The summed E-state index contributed by atoms with van der Waals surface area (Å²) in [4.78, 5) is 25.2. The van der Waals surface area contributed by atoms with Crippen molar-refractivity contribution in [2.24, 2.45) is 5.92 Å². The van der Waals surface area contributed by atoms with Crippen molar-refractivity contribution in [3.63, 3.8) is 0 Å². The molecule has 0 bridgehead atoms. The highest BCUT2D eigenvalue weighted by Crippen LogP contribution is 2.23. The molecule has 0 spiro atoms. The number of nitrogens with zero attached hydrogens (tertiary/aromatic N) is 4. The summed E-state index contributed by atoms with van der Waals surface area (Å²) in [6.45, 7) is -0.248. The molecule has 8 nitrogen and oxygen atoms in total. The lowest BCUT2D eigenvalue weighted by Gasteiger charge is -2.30. The Bertz CT molecular complexity index is 846. The van der Waals surface area contributed by atoms with Crippen LogP contribution < -0.4 is 4.74 Å². The summed E-state index contributed by atoms with van der Waals surface area (Å²) in [7, 11) is 0. The Morgan fingerprint density at radius 1 is 1.25 bits per heavy atom. The van der Waals surface area contributed by atoms with Gasteiger partial charge in [-0.2, -0.15) is 8.78 Å². The third-order valence-corrected chi connectivity index (χ3v) is 4.77. The highest BCUT2D eigenvalue weighted by molar-refractivity contribution is 5.93. The minimum atomic E-state index is -2.90. The number of alkyl halides is 2. The SMILES string of the molecule is Cc1c(C(=O)N2CCC(CC(=O)O)CC2)nnn1-c1ccc(OC(F)F)cc1. The molecule has 1 aliphatic heterocycles. The highest BCUT2D eigenvalue weighted by Gasteiger charge is 2.28. The maximum absolute atomic E-state index is 12.8. The van der Waals surface area contributed by atoms with Crippen molar-refractivity contribution in [1.29, 1.82) is 0 Å². The molecule has 2 aromatic rings. The average molecular weight is 394 g/mol. The molecule has 1 N–H and O–H groups in total. The number of benzene rings is 1. The summed E-state index contributed by atoms with van der Waals surface area (Å²) >= 11 is 0. The van der Waals surface area contributed by atoms with Gasteiger partial charge in [0.15, 0.2) is 5.69 Å². The lowest BCUT2D eigenvalue weighted by molar-refractivity contribution is -0.138.